The van der Waals surface area contributed by atoms with Crippen LogP contribution >= 0.6 is 0 Å². The Morgan fingerprint density at radius 2 is 2.10 bits per heavy atom. The topological polar surface area (TPSA) is 123 Å². The van der Waals surface area contributed by atoms with Crippen LogP contribution in [0.3, 0.4) is 0 Å². The minimum Gasteiger partial charge on any atom is -0.462 e. The average molecular weight is 450 g/mol. The molecule has 1 atom stereocenters. The minimum atomic E-state index is -3.33. The third-order valence-electron chi connectivity index (χ3n) is 4.94. The number of benzene rings is 1. The number of nitrogens with one attached hydrogen (secondary N) is 2. The maximum absolute atomic E-state index is 12.7. The highest BCUT2D eigenvalue weighted by Crippen LogP contribution is 2.20. The SMILES string of the molecule is CCOC(=O)c1cnn(-c2cccc(NC(=O)N3CCC[C@@H](NS(C)(=O)=O)C3)c2)c1C. The molecule has 0 unspecified atom stereocenters. The third kappa shape index (κ3) is 5.82. The zero-order chi connectivity index (χ0) is 22.6. The molecule has 10 nitrogen and oxygen atoms in total. The van der Waals surface area contributed by atoms with Crippen molar-refractivity contribution in [1.82, 2.24) is 19.4 Å². The van der Waals surface area contributed by atoms with Crippen molar-refractivity contribution >= 4 is 27.7 Å². The summed E-state index contributed by atoms with van der Waals surface area (Å²) in [5.41, 5.74) is 2.26. The van der Waals surface area contributed by atoms with E-state index in [0.29, 0.717) is 48.6 Å². The first-order valence-electron chi connectivity index (χ1n) is 10.0. The van der Waals surface area contributed by atoms with Crippen molar-refractivity contribution < 1.29 is 22.7 Å². The van der Waals surface area contributed by atoms with Crippen molar-refractivity contribution in [2.24, 2.45) is 0 Å². The summed E-state index contributed by atoms with van der Waals surface area (Å²) in [5.74, 6) is -0.432. The van der Waals surface area contributed by atoms with Gasteiger partial charge in [0.05, 0.1) is 30.4 Å². The largest absolute Gasteiger partial charge is 0.462 e. The summed E-state index contributed by atoms with van der Waals surface area (Å²) in [4.78, 5) is 26.3. The molecule has 1 aliphatic rings. The van der Waals surface area contributed by atoms with Gasteiger partial charge < -0.3 is 15.0 Å². The highest BCUT2D eigenvalue weighted by Gasteiger charge is 2.25. The van der Waals surface area contributed by atoms with E-state index < -0.39 is 16.0 Å². The van der Waals surface area contributed by atoms with Gasteiger partial charge in [-0.3, -0.25) is 0 Å². The Bertz CT molecular complexity index is 1070. The summed E-state index contributed by atoms with van der Waals surface area (Å²) in [6.45, 7) is 4.65. The number of amides is 2. The molecule has 31 heavy (non-hydrogen) atoms. The van der Waals surface area contributed by atoms with Gasteiger partial charge in [-0.15, -0.1) is 0 Å². The lowest BCUT2D eigenvalue weighted by Crippen LogP contribution is -2.50. The molecule has 0 saturated carbocycles. The van der Waals surface area contributed by atoms with Gasteiger partial charge in [-0.2, -0.15) is 5.10 Å². The van der Waals surface area contributed by atoms with Crippen LogP contribution in [0.2, 0.25) is 0 Å². The molecule has 11 heteroatoms. The molecule has 0 spiro atoms. The maximum atomic E-state index is 12.7. The van der Waals surface area contributed by atoms with Gasteiger partial charge >= 0.3 is 12.0 Å². The molecule has 0 aliphatic carbocycles. The second-order valence-corrected chi connectivity index (χ2v) is 9.21. The first-order valence-corrected chi connectivity index (χ1v) is 11.9. The lowest BCUT2D eigenvalue weighted by Gasteiger charge is -2.32. The fourth-order valence-corrected chi connectivity index (χ4v) is 4.36. The van der Waals surface area contributed by atoms with Gasteiger partial charge in [-0.25, -0.2) is 27.4 Å². The highest BCUT2D eigenvalue weighted by molar-refractivity contribution is 7.88. The number of carbonyl (C=O) groups is 2. The van der Waals surface area contributed by atoms with Crippen LogP contribution in [-0.4, -0.2) is 67.1 Å². The molecule has 2 heterocycles. The van der Waals surface area contributed by atoms with Crippen molar-refractivity contribution in [1.29, 1.82) is 0 Å². The fraction of sp³-hybridized carbons (Fsp3) is 0.450. The molecule has 1 aromatic carbocycles. The van der Waals surface area contributed by atoms with Crippen molar-refractivity contribution in [3.8, 4) is 5.69 Å². The van der Waals surface area contributed by atoms with Crippen molar-refractivity contribution in [3.05, 3.63) is 41.7 Å². The number of carbonyl (C=O) groups excluding carboxylic acids is 2. The van der Waals surface area contributed by atoms with Crippen LogP contribution in [0.15, 0.2) is 30.5 Å². The summed E-state index contributed by atoms with van der Waals surface area (Å²) in [6.07, 6.45) is 3.97. The van der Waals surface area contributed by atoms with Crippen molar-refractivity contribution in [2.75, 3.05) is 31.3 Å². The van der Waals surface area contributed by atoms with E-state index in [1.54, 1.807) is 41.6 Å². The fourth-order valence-electron chi connectivity index (χ4n) is 3.56. The number of urea groups is 1. The third-order valence-corrected chi connectivity index (χ3v) is 5.70. The molecule has 2 amide bonds. The summed E-state index contributed by atoms with van der Waals surface area (Å²) < 4.78 is 32.2. The highest BCUT2D eigenvalue weighted by atomic mass is 32.2. The second-order valence-electron chi connectivity index (χ2n) is 7.43. The number of rotatable bonds is 6. The Hall–Kier alpha value is -2.92. The van der Waals surface area contributed by atoms with Gasteiger partial charge in [0.1, 0.15) is 5.56 Å². The normalized spacial score (nSPS) is 16.7. The van der Waals surface area contributed by atoms with E-state index in [1.807, 2.05) is 6.07 Å². The Morgan fingerprint density at radius 1 is 1.32 bits per heavy atom. The molecule has 0 bridgehead atoms. The number of ether oxygens (including phenoxy) is 1. The number of hydrogen-bond acceptors (Lipinski definition) is 6. The van der Waals surface area contributed by atoms with Gasteiger partial charge in [0, 0.05) is 24.8 Å². The maximum Gasteiger partial charge on any atom is 0.341 e. The molecule has 0 radical (unpaired) electrons. The number of piperidine rings is 1. The lowest BCUT2D eigenvalue weighted by atomic mass is 10.1. The van der Waals surface area contributed by atoms with Crippen LogP contribution in [0.1, 0.15) is 35.8 Å². The number of aromatic nitrogens is 2. The van der Waals surface area contributed by atoms with Crippen LogP contribution in [0, 0.1) is 6.92 Å². The summed E-state index contributed by atoms with van der Waals surface area (Å²) in [5, 5.41) is 7.12. The van der Waals surface area contributed by atoms with Crippen LogP contribution < -0.4 is 10.0 Å². The van der Waals surface area contributed by atoms with Gasteiger partial charge in [0.2, 0.25) is 10.0 Å². The Labute approximate surface area is 181 Å². The number of nitrogens with zero attached hydrogens (tertiary/aromatic N) is 3. The molecule has 2 N–H and O–H groups in total. The first-order chi connectivity index (χ1) is 14.7. The number of anilines is 1. The van der Waals surface area contributed by atoms with E-state index in [-0.39, 0.29) is 18.7 Å². The summed E-state index contributed by atoms with van der Waals surface area (Å²) in [6, 6.07) is 6.50. The first kappa shape index (κ1) is 22.8. The monoisotopic (exact) mass is 449 g/mol. The van der Waals surface area contributed by atoms with E-state index in [2.05, 4.69) is 15.1 Å². The van der Waals surface area contributed by atoms with E-state index >= 15 is 0 Å². The van der Waals surface area contributed by atoms with E-state index in [1.165, 1.54) is 6.20 Å². The average Bonchev–Trinajstić information content (AvgIpc) is 3.09. The summed E-state index contributed by atoms with van der Waals surface area (Å²) in [7, 11) is -3.33. The van der Waals surface area contributed by atoms with Crippen molar-refractivity contribution in [3.63, 3.8) is 0 Å². The van der Waals surface area contributed by atoms with Gasteiger partial charge in [-0.1, -0.05) is 6.07 Å². The second kappa shape index (κ2) is 9.48. The number of sulfonamides is 1. The number of likely N-dealkylation sites (tertiary alicyclic amines) is 1. The van der Waals surface area contributed by atoms with Crippen LogP contribution in [0.25, 0.3) is 5.69 Å². The van der Waals surface area contributed by atoms with Gasteiger partial charge in [-0.05, 0) is 44.9 Å². The van der Waals surface area contributed by atoms with Crippen LogP contribution in [-0.2, 0) is 14.8 Å². The molecule has 168 valence electrons. The Morgan fingerprint density at radius 3 is 2.81 bits per heavy atom. The molecular formula is C20H27N5O5S. The predicted molar refractivity (Wildman–Crippen MR) is 116 cm³/mol. The Balaban J connectivity index is 1.71. The minimum absolute atomic E-state index is 0.280. The number of esters is 1. The summed E-state index contributed by atoms with van der Waals surface area (Å²) >= 11 is 0. The lowest BCUT2D eigenvalue weighted by molar-refractivity contribution is 0.0525. The smallest absolute Gasteiger partial charge is 0.341 e. The molecule has 1 aromatic heterocycles. The zero-order valence-electron chi connectivity index (χ0n) is 17.8. The Kier molecular flexibility index (Phi) is 6.96. The van der Waals surface area contributed by atoms with E-state index in [4.69, 9.17) is 4.74 Å². The van der Waals surface area contributed by atoms with E-state index in [0.717, 1.165) is 6.26 Å². The molecule has 3 rings (SSSR count). The number of hydrogen-bond donors (Lipinski definition) is 2. The molecule has 1 saturated heterocycles. The van der Waals surface area contributed by atoms with E-state index in [9.17, 15) is 18.0 Å². The molecule has 1 fully saturated rings. The molecular weight excluding hydrogens is 422 g/mol. The van der Waals surface area contributed by atoms with Gasteiger partial charge in [0.25, 0.3) is 0 Å². The molecule has 1 aliphatic heterocycles. The molecule has 2 aromatic rings. The van der Waals surface area contributed by atoms with Crippen LogP contribution in [0.5, 0.6) is 0 Å². The predicted octanol–water partition coefficient (Wildman–Crippen LogP) is 1.90. The van der Waals surface area contributed by atoms with Gasteiger partial charge in [0.15, 0.2) is 0 Å². The van der Waals surface area contributed by atoms with Crippen LogP contribution in [0.4, 0.5) is 10.5 Å². The standard InChI is InChI=1S/C20H27N5O5S/c1-4-30-19(26)18-12-21-25(14(18)2)17-9-5-7-15(11-17)22-20(27)24-10-6-8-16(13-24)23-31(3,28)29/h5,7,9,11-12,16,23H,4,6,8,10,13H2,1-3H3,(H,22,27)/t16-/m1/s1. The zero-order valence-corrected chi connectivity index (χ0v) is 18.6. The quantitative estimate of drug-likeness (QED) is 0.650. The van der Waals surface area contributed by atoms with Crippen molar-refractivity contribution in [2.45, 2.75) is 32.7 Å².